The maximum Gasteiger partial charge on any atom is 0.255 e. The third kappa shape index (κ3) is 4.10. The van der Waals surface area contributed by atoms with E-state index < -0.39 is 17.9 Å². The molecule has 4 aliphatic rings. The molecular formula is C23H27F2N3O4. The average Bonchev–Trinajstić information content (AvgIpc) is 3.29. The summed E-state index contributed by atoms with van der Waals surface area (Å²) in [5.74, 6) is -2.76. The number of alkyl halides is 2. The van der Waals surface area contributed by atoms with Gasteiger partial charge in [-0.3, -0.25) is 19.7 Å². The molecule has 2 aliphatic heterocycles. The number of imide groups is 1. The Balaban J connectivity index is 1.20. The molecule has 3 fully saturated rings. The van der Waals surface area contributed by atoms with Crippen molar-refractivity contribution in [3.05, 3.63) is 29.3 Å². The molecule has 3 amide bonds. The van der Waals surface area contributed by atoms with Crippen LogP contribution in [0, 0.1) is 5.92 Å². The summed E-state index contributed by atoms with van der Waals surface area (Å²) in [7, 11) is 0. The van der Waals surface area contributed by atoms with Crippen molar-refractivity contribution in [3.63, 3.8) is 0 Å². The van der Waals surface area contributed by atoms with E-state index in [9.17, 15) is 23.2 Å². The van der Waals surface area contributed by atoms with Crippen molar-refractivity contribution in [2.75, 3.05) is 6.54 Å². The molecule has 0 bridgehead atoms. The molecule has 5 rings (SSSR count). The maximum atomic E-state index is 13.1. The Labute approximate surface area is 184 Å². The highest BCUT2D eigenvalue weighted by Gasteiger charge is 2.45. The van der Waals surface area contributed by atoms with Gasteiger partial charge in [-0.25, -0.2) is 8.78 Å². The highest BCUT2D eigenvalue weighted by molar-refractivity contribution is 6.05. The van der Waals surface area contributed by atoms with Crippen LogP contribution in [0.2, 0.25) is 0 Å². The summed E-state index contributed by atoms with van der Waals surface area (Å²) in [4.78, 5) is 37.9. The van der Waals surface area contributed by atoms with Gasteiger partial charge in [0.2, 0.25) is 17.7 Å². The lowest BCUT2D eigenvalue weighted by Gasteiger charge is -2.36. The second-order valence-electron chi connectivity index (χ2n) is 9.45. The number of nitrogens with zero attached hydrogens (tertiary/aromatic N) is 1. The van der Waals surface area contributed by atoms with Crippen LogP contribution in [0.3, 0.4) is 0 Å². The lowest BCUT2D eigenvalue weighted by molar-refractivity contribution is -0.136. The monoisotopic (exact) mass is 447 g/mol. The number of halogens is 2. The third-order valence-corrected chi connectivity index (χ3v) is 7.08. The van der Waals surface area contributed by atoms with E-state index in [1.54, 1.807) is 12.1 Å². The molecule has 1 aromatic rings. The lowest BCUT2D eigenvalue weighted by atomic mass is 9.81. The van der Waals surface area contributed by atoms with Crippen molar-refractivity contribution in [1.29, 1.82) is 0 Å². The van der Waals surface area contributed by atoms with Gasteiger partial charge in [0.1, 0.15) is 17.9 Å². The normalized spacial score (nSPS) is 29.6. The first-order chi connectivity index (χ1) is 15.3. The van der Waals surface area contributed by atoms with Gasteiger partial charge in [0, 0.05) is 37.4 Å². The van der Waals surface area contributed by atoms with E-state index >= 15 is 0 Å². The molecule has 172 valence electrons. The summed E-state index contributed by atoms with van der Waals surface area (Å²) >= 11 is 0. The predicted octanol–water partition coefficient (Wildman–Crippen LogP) is 2.38. The molecule has 0 spiro atoms. The predicted molar refractivity (Wildman–Crippen MR) is 110 cm³/mol. The van der Waals surface area contributed by atoms with Crippen LogP contribution in [0.5, 0.6) is 5.75 Å². The first kappa shape index (κ1) is 21.3. The van der Waals surface area contributed by atoms with E-state index in [1.807, 2.05) is 6.07 Å². The lowest BCUT2D eigenvalue weighted by Crippen LogP contribution is -2.52. The number of piperidine rings is 1. The second kappa shape index (κ2) is 8.10. The standard InChI is InChI=1S/C23H27F2N3O4/c24-23(25)9-13(10-23)11-26-17-2-1-3-19(17)32-15-4-5-16-14(8-15)12-28(22(16)31)18-6-7-20(29)27-21(18)30/h4-5,8,13,17-19,26H,1-3,6-7,9-12H2,(H,27,29,30)/t17-,18?,19+/m1/s1. The van der Waals surface area contributed by atoms with Gasteiger partial charge in [-0.1, -0.05) is 0 Å². The van der Waals surface area contributed by atoms with E-state index in [4.69, 9.17) is 4.74 Å². The van der Waals surface area contributed by atoms with Crippen molar-refractivity contribution in [1.82, 2.24) is 15.5 Å². The topological polar surface area (TPSA) is 87.7 Å². The van der Waals surface area contributed by atoms with Crippen LogP contribution in [0.15, 0.2) is 18.2 Å². The fourth-order valence-corrected chi connectivity index (χ4v) is 5.35. The van der Waals surface area contributed by atoms with Gasteiger partial charge < -0.3 is 15.0 Å². The molecule has 0 radical (unpaired) electrons. The Morgan fingerprint density at radius 2 is 1.97 bits per heavy atom. The van der Waals surface area contributed by atoms with Crippen molar-refractivity contribution in [2.45, 2.75) is 75.6 Å². The molecule has 2 N–H and O–H groups in total. The Bertz CT molecular complexity index is 945. The van der Waals surface area contributed by atoms with E-state index in [0.717, 1.165) is 24.8 Å². The highest BCUT2D eigenvalue weighted by Crippen LogP contribution is 2.42. The maximum absolute atomic E-state index is 13.1. The molecule has 3 atom stereocenters. The zero-order valence-electron chi connectivity index (χ0n) is 17.7. The first-order valence-electron chi connectivity index (χ1n) is 11.3. The van der Waals surface area contributed by atoms with Crippen LogP contribution >= 0.6 is 0 Å². The summed E-state index contributed by atoms with van der Waals surface area (Å²) in [6, 6.07) is 4.83. The average molecular weight is 447 g/mol. The summed E-state index contributed by atoms with van der Waals surface area (Å²) in [5.41, 5.74) is 1.35. The molecule has 0 aromatic heterocycles. The number of nitrogens with one attached hydrogen (secondary N) is 2. The molecule has 9 heteroatoms. The molecule has 1 saturated heterocycles. The smallest absolute Gasteiger partial charge is 0.255 e. The van der Waals surface area contributed by atoms with Gasteiger partial charge in [-0.05, 0) is 61.9 Å². The number of carbonyl (C=O) groups is 3. The van der Waals surface area contributed by atoms with Crippen LogP contribution in [-0.4, -0.2) is 53.3 Å². The van der Waals surface area contributed by atoms with E-state index in [2.05, 4.69) is 10.6 Å². The Morgan fingerprint density at radius 1 is 1.16 bits per heavy atom. The quantitative estimate of drug-likeness (QED) is 0.654. The Morgan fingerprint density at radius 3 is 2.72 bits per heavy atom. The van der Waals surface area contributed by atoms with E-state index in [0.29, 0.717) is 30.8 Å². The fraction of sp³-hybridized carbons (Fsp3) is 0.609. The molecule has 7 nitrogen and oxygen atoms in total. The first-order valence-corrected chi connectivity index (χ1v) is 11.3. The number of fused-ring (bicyclic) bond motifs is 1. The summed E-state index contributed by atoms with van der Waals surface area (Å²) in [5, 5.41) is 5.72. The molecule has 2 aliphatic carbocycles. The van der Waals surface area contributed by atoms with Gasteiger partial charge in [0.15, 0.2) is 0 Å². The number of rotatable bonds is 6. The van der Waals surface area contributed by atoms with Crippen LogP contribution in [-0.2, 0) is 16.1 Å². The van der Waals surface area contributed by atoms with Crippen molar-refractivity contribution in [2.24, 2.45) is 5.92 Å². The van der Waals surface area contributed by atoms with Gasteiger partial charge >= 0.3 is 0 Å². The zero-order chi connectivity index (χ0) is 22.5. The number of ether oxygens (including phenoxy) is 1. The number of hydrogen-bond acceptors (Lipinski definition) is 5. The number of benzene rings is 1. The van der Waals surface area contributed by atoms with Gasteiger partial charge in [-0.15, -0.1) is 0 Å². The molecule has 1 unspecified atom stereocenters. The van der Waals surface area contributed by atoms with Crippen LogP contribution < -0.4 is 15.4 Å². The summed E-state index contributed by atoms with van der Waals surface area (Å²) < 4.78 is 32.3. The minimum atomic E-state index is -2.50. The largest absolute Gasteiger partial charge is 0.489 e. The van der Waals surface area contributed by atoms with Crippen molar-refractivity contribution >= 4 is 17.7 Å². The highest BCUT2D eigenvalue weighted by atomic mass is 19.3. The zero-order valence-corrected chi connectivity index (χ0v) is 17.7. The summed E-state index contributed by atoms with van der Waals surface area (Å²) in [6.07, 6.45) is 3.27. The SMILES string of the molecule is O=C1CCC(N2Cc3cc(O[C@H]4CCC[C@H]4NCC4CC(F)(F)C4)ccc3C2=O)C(=O)N1. The molecule has 32 heavy (non-hydrogen) atoms. The van der Waals surface area contributed by atoms with Gasteiger partial charge in [0.05, 0.1) is 0 Å². The van der Waals surface area contributed by atoms with Gasteiger partial charge in [0.25, 0.3) is 5.91 Å². The third-order valence-electron chi connectivity index (χ3n) is 7.08. The number of hydrogen-bond donors (Lipinski definition) is 2. The minimum absolute atomic E-state index is 0.0236. The van der Waals surface area contributed by atoms with Crippen LogP contribution in [0.25, 0.3) is 0 Å². The molecule has 1 aromatic carbocycles. The molecule has 2 heterocycles. The number of amides is 3. The van der Waals surface area contributed by atoms with Crippen molar-refractivity contribution in [3.8, 4) is 5.75 Å². The summed E-state index contributed by atoms with van der Waals surface area (Å²) in [6.45, 7) is 0.888. The number of carbonyl (C=O) groups excluding carboxylic acids is 3. The van der Waals surface area contributed by atoms with Crippen LogP contribution in [0.1, 0.15) is 60.9 Å². The molecular weight excluding hydrogens is 420 g/mol. The fourth-order valence-electron chi connectivity index (χ4n) is 5.35. The Hall–Kier alpha value is -2.55. The van der Waals surface area contributed by atoms with E-state index in [-0.39, 0.29) is 49.1 Å². The minimum Gasteiger partial charge on any atom is -0.489 e. The second-order valence-corrected chi connectivity index (χ2v) is 9.45. The Kier molecular flexibility index (Phi) is 5.39. The molecule has 2 saturated carbocycles. The van der Waals surface area contributed by atoms with Gasteiger partial charge in [-0.2, -0.15) is 0 Å². The van der Waals surface area contributed by atoms with Crippen molar-refractivity contribution < 1.29 is 27.9 Å². The van der Waals surface area contributed by atoms with E-state index in [1.165, 1.54) is 4.90 Å². The van der Waals surface area contributed by atoms with Crippen LogP contribution in [0.4, 0.5) is 8.78 Å².